The summed E-state index contributed by atoms with van der Waals surface area (Å²) in [5.74, 6) is 1.03. The van der Waals surface area contributed by atoms with Gasteiger partial charge in [0.2, 0.25) is 0 Å². The first-order chi connectivity index (χ1) is 4.95. The van der Waals surface area contributed by atoms with Crippen LogP contribution in [0, 0.1) is 0 Å². The molecule has 0 aliphatic rings. The number of nitrogens with two attached hydrogens (primary N) is 1. The van der Waals surface area contributed by atoms with Crippen LogP contribution in [-0.4, -0.2) is 50.1 Å². The molecule has 6 heteroatoms. The predicted molar refractivity (Wildman–Crippen MR) is 63.2 cm³/mol. The fraction of sp³-hybridized carbons (Fsp3) is 0.857. The van der Waals surface area contributed by atoms with Gasteiger partial charge in [0.05, 0.1) is 33.4 Å². The largest absolute Gasteiger partial charge is 1.00 e. The highest BCUT2D eigenvalue weighted by Crippen LogP contribution is 2.01. The second-order valence-electron chi connectivity index (χ2n) is 3.42. The summed E-state index contributed by atoms with van der Waals surface area (Å²) in [5.41, 5.74) is 5.51. The molecule has 0 saturated heterocycles. The number of nitrogens with zero attached hydrogens (tertiary/aromatic N) is 2. The molecule has 0 aliphatic carbocycles. The van der Waals surface area contributed by atoms with Crippen molar-refractivity contribution in [1.82, 2.24) is 0 Å². The van der Waals surface area contributed by atoms with Crippen LogP contribution in [0.4, 0.5) is 0 Å². The molecule has 0 atom stereocenters. The molecular formula is C7H19Br2N3S. The maximum atomic E-state index is 5.51. The van der Waals surface area contributed by atoms with E-state index in [9.17, 15) is 0 Å². The SMILES string of the molecule is Br.CN=C(N)SCC[N+](C)(C)C.[Br-]. The number of aliphatic imine (C=N–C) groups is 1. The summed E-state index contributed by atoms with van der Waals surface area (Å²) in [6.45, 7) is 1.11. The van der Waals surface area contributed by atoms with E-state index in [1.807, 2.05) is 0 Å². The van der Waals surface area contributed by atoms with Gasteiger partial charge < -0.3 is 27.2 Å². The van der Waals surface area contributed by atoms with Gasteiger partial charge in [0.1, 0.15) is 0 Å². The highest BCUT2D eigenvalue weighted by Gasteiger charge is 2.06. The lowest BCUT2D eigenvalue weighted by atomic mass is 10.6. The van der Waals surface area contributed by atoms with E-state index in [0.717, 1.165) is 16.8 Å². The number of hydrogen-bond donors (Lipinski definition) is 1. The minimum Gasteiger partial charge on any atom is -1.00 e. The maximum absolute atomic E-state index is 5.51. The average molecular weight is 337 g/mol. The van der Waals surface area contributed by atoms with E-state index in [-0.39, 0.29) is 34.0 Å². The van der Waals surface area contributed by atoms with Gasteiger partial charge >= 0.3 is 0 Å². The van der Waals surface area contributed by atoms with E-state index in [4.69, 9.17) is 5.73 Å². The van der Waals surface area contributed by atoms with Crippen LogP contribution < -0.4 is 22.7 Å². The minimum atomic E-state index is 0. The van der Waals surface area contributed by atoms with Crippen LogP contribution in [0.2, 0.25) is 0 Å². The summed E-state index contributed by atoms with van der Waals surface area (Å²) in [4.78, 5) is 3.86. The van der Waals surface area contributed by atoms with Crippen LogP contribution in [0.5, 0.6) is 0 Å². The van der Waals surface area contributed by atoms with Crippen molar-refractivity contribution >= 4 is 33.9 Å². The van der Waals surface area contributed by atoms with Crippen molar-refractivity contribution in [2.75, 3.05) is 40.5 Å². The Labute approximate surface area is 106 Å². The van der Waals surface area contributed by atoms with Gasteiger partial charge in [-0.25, -0.2) is 0 Å². The van der Waals surface area contributed by atoms with Crippen molar-refractivity contribution in [3.05, 3.63) is 0 Å². The first kappa shape index (κ1) is 19.3. The number of hydrogen-bond acceptors (Lipinski definition) is 2. The highest BCUT2D eigenvalue weighted by molar-refractivity contribution is 8.93. The number of rotatable bonds is 3. The lowest BCUT2D eigenvalue weighted by Crippen LogP contribution is -3.00. The molecule has 0 saturated carbocycles. The molecule has 0 bridgehead atoms. The zero-order valence-corrected chi connectivity index (χ0v) is 12.7. The first-order valence-corrected chi connectivity index (χ1v) is 4.60. The molecule has 0 unspecified atom stereocenters. The molecular weight excluding hydrogens is 318 g/mol. The smallest absolute Gasteiger partial charge is 0.153 e. The Morgan fingerprint density at radius 2 is 1.85 bits per heavy atom. The quantitative estimate of drug-likeness (QED) is 0.366. The lowest BCUT2D eigenvalue weighted by Gasteiger charge is -2.23. The van der Waals surface area contributed by atoms with Gasteiger partial charge in [0.15, 0.2) is 5.17 Å². The van der Waals surface area contributed by atoms with Gasteiger partial charge in [0, 0.05) is 7.05 Å². The Balaban J connectivity index is -0.000000500. The number of halogens is 2. The van der Waals surface area contributed by atoms with Gasteiger partial charge in [-0.3, -0.25) is 4.99 Å². The molecule has 0 aromatic heterocycles. The summed E-state index contributed by atoms with van der Waals surface area (Å²) in [7, 11) is 8.22. The molecule has 0 aromatic rings. The molecule has 0 radical (unpaired) electrons. The summed E-state index contributed by atoms with van der Waals surface area (Å²) in [5, 5.41) is 0.679. The van der Waals surface area contributed by atoms with Gasteiger partial charge in [-0.15, -0.1) is 17.0 Å². The van der Waals surface area contributed by atoms with Crippen molar-refractivity contribution in [2.45, 2.75) is 0 Å². The second kappa shape index (κ2) is 9.30. The molecule has 0 heterocycles. The molecule has 0 aromatic carbocycles. The maximum Gasteiger partial charge on any atom is 0.153 e. The fourth-order valence-corrected chi connectivity index (χ4v) is 1.47. The van der Waals surface area contributed by atoms with Crippen LogP contribution >= 0.6 is 28.7 Å². The Morgan fingerprint density at radius 1 is 1.38 bits per heavy atom. The molecule has 2 N–H and O–H groups in total. The molecule has 3 nitrogen and oxygen atoms in total. The molecule has 0 rings (SSSR count). The van der Waals surface area contributed by atoms with Crippen LogP contribution in [0.15, 0.2) is 4.99 Å². The minimum absolute atomic E-state index is 0. The van der Waals surface area contributed by atoms with Crippen molar-refractivity contribution < 1.29 is 21.5 Å². The molecule has 82 valence electrons. The van der Waals surface area contributed by atoms with Gasteiger partial charge in [-0.1, -0.05) is 11.8 Å². The predicted octanol–water partition coefficient (Wildman–Crippen LogP) is -2.05. The third-order valence-electron chi connectivity index (χ3n) is 1.23. The summed E-state index contributed by atoms with van der Waals surface area (Å²) >= 11 is 1.62. The van der Waals surface area contributed by atoms with Gasteiger partial charge in [-0.2, -0.15) is 0 Å². The zero-order valence-electron chi connectivity index (χ0n) is 8.58. The van der Waals surface area contributed by atoms with E-state index in [1.54, 1.807) is 18.8 Å². The van der Waals surface area contributed by atoms with E-state index < -0.39 is 0 Å². The zero-order chi connectivity index (χ0) is 8.91. The Kier molecular flexibility index (Phi) is 13.8. The van der Waals surface area contributed by atoms with E-state index in [1.165, 1.54) is 0 Å². The number of amidine groups is 1. The average Bonchev–Trinajstić information content (AvgIpc) is 1.85. The number of quaternary nitrogens is 1. The standard InChI is InChI=1S/C7H18N3S.2BrH/c1-9-7(8)11-6-5-10(2,3)4;;/h5-6H2,1-4H3,(H2,8,9);2*1H/q+1;;/p-1. The summed E-state index contributed by atoms with van der Waals surface area (Å²) < 4.78 is 0.976. The van der Waals surface area contributed by atoms with Crippen molar-refractivity contribution in [1.29, 1.82) is 0 Å². The number of thioether (sulfide) groups is 1. The van der Waals surface area contributed by atoms with E-state index in [2.05, 4.69) is 26.1 Å². The van der Waals surface area contributed by atoms with Crippen molar-refractivity contribution in [3.63, 3.8) is 0 Å². The summed E-state index contributed by atoms with van der Waals surface area (Å²) in [6.07, 6.45) is 0. The monoisotopic (exact) mass is 335 g/mol. The molecule has 0 aliphatic heterocycles. The Bertz CT molecular complexity index is 145. The third-order valence-corrected chi connectivity index (χ3v) is 2.10. The lowest BCUT2D eigenvalue weighted by molar-refractivity contribution is -0.867. The second-order valence-corrected chi connectivity index (χ2v) is 4.54. The van der Waals surface area contributed by atoms with Crippen molar-refractivity contribution in [2.24, 2.45) is 10.7 Å². The van der Waals surface area contributed by atoms with Crippen LogP contribution in [0.3, 0.4) is 0 Å². The Hall–Kier alpha value is 0.740. The third kappa shape index (κ3) is 15.5. The van der Waals surface area contributed by atoms with Crippen molar-refractivity contribution in [3.8, 4) is 0 Å². The normalized spacial score (nSPS) is 11.5. The molecule has 0 amide bonds. The molecule has 0 fully saturated rings. The summed E-state index contributed by atoms with van der Waals surface area (Å²) in [6, 6.07) is 0. The van der Waals surface area contributed by atoms with Crippen LogP contribution in [-0.2, 0) is 0 Å². The van der Waals surface area contributed by atoms with Crippen LogP contribution in [0.25, 0.3) is 0 Å². The van der Waals surface area contributed by atoms with Crippen LogP contribution in [0.1, 0.15) is 0 Å². The fourth-order valence-electron chi connectivity index (χ4n) is 0.489. The van der Waals surface area contributed by atoms with Gasteiger partial charge in [-0.05, 0) is 0 Å². The molecule has 0 spiro atoms. The van der Waals surface area contributed by atoms with Gasteiger partial charge in [0.25, 0.3) is 0 Å². The first-order valence-electron chi connectivity index (χ1n) is 3.61. The Morgan fingerprint density at radius 3 is 2.15 bits per heavy atom. The topological polar surface area (TPSA) is 38.4 Å². The van der Waals surface area contributed by atoms with E-state index in [0.29, 0.717) is 5.17 Å². The van der Waals surface area contributed by atoms with E-state index >= 15 is 0 Å². The highest BCUT2D eigenvalue weighted by atomic mass is 79.9. The molecule has 13 heavy (non-hydrogen) atoms.